The van der Waals surface area contributed by atoms with Crippen molar-refractivity contribution in [2.24, 2.45) is 11.8 Å². The van der Waals surface area contributed by atoms with Crippen LogP contribution in [0.25, 0.3) is 0 Å². The van der Waals surface area contributed by atoms with Crippen LogP contribution in [0.3, 0.4) is 0 Å². The maximum atomic E-state index is 6.35. The van der Waals surface area contributed by atoms with E-state index in [-0.39, 0.29) is 11.8 Å². The molecule has 0 rings (SSSR count). The van der Waals surface area contributed by atoms with Gasteiger partial charge in [0.05, 0.1) is 0 Å². The van der Waals surface area contributed by atoms with Gasteiger partial charge >= 0.3 is 162 Å². The summed E-state index contributed by atoms with van der Waals surface area (Å²) in [5, 5.41) is 0. The van der Waals surface area contributed by atoms with Crippen molar-refractivity contribution in [1.29, 1.82) is 0 Å². The molecule has 0 saturated heterocycles. The molecule has 0 N–H and O–H groups in total. The second-order valence-electron chi connectivity index (χ2n) is 8.86. The Morgan fingerprint density at radius 2 is 0.880 bits per heavy atom. The molecule has 152 valence electrons. The summed E-state index contributed by atoms with van der Waals surface area (Å²) in [5.74, 6) is 0.244. The molecule has 0 aliphatic heterocycles. The third-order valence-electron chi connectivity index (χ3n) is 2.94. The van der Waals surface area contributed by atoms with E-state index < -0.39 is 45.8 Å². The fourth-order valence-corrected chi connectivity index (χ4v) is 9.70. The van der Waals surface area contributed by atoms with Crippen molar-refractivity contribution >= 4 is 0 Å². The zero-order valence-electron chi connectivity index (χ0n) is 18.3. The van der Waals surface area contributed by atoms with Gasteiger partial charge in [0.1, 0.15) is 0 Å². The Bertz CT molecular complexity index is 337. The molecule has 6 nitrogen and oxygen atoms in total. The molecule has 0 aromatic heterocycles. The van der Waals surface area contributed by atoms with Crippen molar-refractivity contribution < 1.29 is 42.8 Å². The van der Waals surface area contributed by atoms with Gasteiger partial charge in [-0.3, -0.25) is 0 Å². The predicted octanol–water partition coefficient (Wildman–Crippen LogP) is 4.72. The van der Waals surface area contributed by atoms with Crippen LogP contribution in [-0.4, -0.2) is 38.0 Å². The van der Waals surface area contributed by atoms with Crippen LogP contribution in [0, 0.1) is 11.8 Å². The summed E-state index contributed by atoms with van der Waals surface area (Å²) in [4.78, 5) is 0. The third kappa shape index (κ3) is 10.5. The van der Waals surface area contributed by atoms with Crippen LogP contribution in [-0.2, 0) is 42.8 Å². The average Bonchev–Trinajstić information content (AvgIpc) is 2.37. The molecule has 0 spiro atoms. The van der Waals surface area contributed by atoms with Crippen LogP contribution >= 0.6 is 0 Å². The Morgan fingerprint density at radius 3 is 1.04 bits per heavy atom. The van der Waals surface area contributed by atoms with E-state index in [1.807, 2.05) is 69.2 Å². The Kier molecular flexibility index (Phi) is 10.5. The van der Waals surface area contributed by atoms with Gasteiger partial charge in [0.15, 0.2) is 0 Å². The number of ether oxygens (including phenoxy) is 2. The van der Waals surface area contributed by atoms with Crippen molar-refractivity contribution in [2.45, 2.75) is 93.0 Å². The number of hydrogen-bond donors (Lipinski definition) is 0. The van der Waals surface area contributed by atoms with E-state index in [0.29, 0.717) is 0 Å². The Hall–Kier alpha value is 0.643. The van der Waals surface area contributed by atoms with Gasteiger partial charge in [0.2, 0.25) is 0 Å². The van der Waals surface area contributed by atoms with Gasteiger partial charge < -0.3 is 0 Å². The van der Waals surface area contributed by atoms with Crippen LogP contribution < -0.4 is 0 Å². The molecule has 0 heterocycles. The molecular weight excluding hydrogens is 403 g/mol. The summed E-state index contributed by atoms with van der Waals surface area (Å²) in [7, 11) is 3.23. The molecule has 0 fully saturated rings. The van der Waals surface area contributed by atoms with Gasteiger partial charge in [0, 0.05) is 0 Å². The Balaban J connectivity index is 5.93. The van der Waals surface area contributed by atoms with Crippen LogP contribution in [0.5, 0.6) is 0 Å². The molecule has 0 aromatic carbocycles. The first-order valence-corrected chi connectivity index (χ1v) is 13.0. The van der Waals surface area contributed by atoms with E-state index >= 15 is 0 Å². The molecule has 0 bridgehead atoms. The van der Waals surface area contributed by atoms with Crippen molar-refractivity contribution in [3.63, 3.8) is 0 Å². The van der Waals surface area contributed by atoms with Gasteiger partial charge in [-0.05, 0) is 0 Å². The van der Waals surface area contributed by atoms with Crippen molar-refractivity contribution in [3.8, 4) is 0 Å². The molecule has 25 heavy (non-hydrogen) atoms. The summed E-state index contributed by atoms with van der Waals surface area (Å²) in [5.41, 5.74) is -0.988. The molecule has 0 aromatic rings. The molecule has 2 atom stereocenters. The van der Waals surface area contributed by atoms with E-state index in [9.17, 15) is 0 Å². The third-order valence-corrected chi connectivity index (χ3v) is 9.74. The average molecular weight is 444 g/mol. The molecular formula is C18H40O6Zr. The first-order chi connectivity index (χ1) is 11.1. The van der Waals surface area contributed by atoms with Crippen LogP contribution in [0.2, 0.25) is 0 Å². The summed E-state index contributed by atoms with van der Waals surface area (Å²) in [6.45, 7) is 19.9. The Labute approximate surface area is 161 Å². The van der Waals surface area contributed by atoms with Gasteiger partial charge in [-0.25, -0.2) is 0 Å². The van der Waals surface area contributed by atoms with Gasteiger partial charge in [-0.1, -0.05) is 0 Å². The standard InChI is InChI=1S/2C5H11O2.2C4H9O.Zr/c2*1-4(2)5(6)7-3;2*1-4(2,3)5;/h2*4-5H,1-3H3;2*1-3H3;/q4*-1;+4. The predicted molar refractivity (Wildman–Crippen MR) is 95.1 cm³/mol. The summed E-state index contributed by atoms with van der Waals surface area (Å²) >= 11 is -4.55. The quantitative estimate of drug-likeness (QED) is 0.455. The fourth-order valence-electron chi connectivity index (χ4n) is 2.09. The minimum atomic E-state index is -4.55. The first-order valence-electron chi connectivity index (χ1n) is 8.96. The second kappa shape index (κ2) is 10.3. The van der Waals surface area contributed by atoms with E-state index in [4.69, 9.17) is 20.7 Å². The summed E-state index contributed by atoms with van der Waals surface area (Å²) in [6, 6.07) is 0. The second-order valence-corrected chi connectivity index (χ2v) is 13.5. The van der Waals surface area contributed by atoms with Crippen LogP contribution in [0.15, 0.2) is 0 Å². The van der Waals surface area contributed by atoms with Gasteiger partial charge in [0.25, 0.3) is 0 Å². The molecule has 0 radical (unpaired) electrons. The number of rotatable bonds is 10. The zero-order valence-corrected chi connectivity index (χ0v) is 20.7. The van der Waals surface area contributed by atoms with Gasteiger partial charge in [-0.15, -0.1) is 0 Å². The van der Waals surface area contributed by atoms with Crippen molar-refractivity contribution in [3.05, 3.63) is 0 Å². The molecule has 2 unspecified atom stereocenters. The van der Waals surface area contributed by atoms with E-state index in [0.717, 1.165) is 0 Å². The molecule has 0 saturated carbocycles. The first kappa shape index (κ1) is 25.6. The van der Waals surface area contributed by atoms with E-state index in [1.54, 1.807) is 14.2 Å². The number of methoxy groups -OCH3 is 2. The summed E-state index contributed by atoms with van der Waals surface area (Å²) < 4.78 is 36.4. The molecule has 0 aliphatic carbocycles. The van der Waals surface area contributed by atoms with Crippen molar-refractivity contribution in [2.75, 3.05) is 14.2 Å². The zero-order chi connectivity index (χ0) is 20.1. The van der Waals surface area contributed by atoms with Crippen molar-refractivity contribution in [1.82, 2.24) is 0 Å². The van der Waals surface area contributed by atoms with E-state index in [2.05, 4.69) is 0 Å². The monoisotopic (exact) mass is 442 g/mol. The van der Waals surface area contributed by atoms with E-state index in [1.165, 1.54) is 0 Å². The van der Waals surface area contributed by atoms with Crippen LogP contribution in [0.1, 0.15) is 69.2 Å². The number of hydrogen-bond acceptors (Lipinski definition) is 6. The van der Waals surface area contributed by atoms with Crippen LogP contribution in [0.4, 0.5) is 0 Å². The molecule has 0 amide bonds. The SMILES string of the molecule is COC([O][Zr]([O]C(OC)C(C)C)([O]C(C)(C)C)[O]C(C)(C)C)C(C)C. The minimum absolute atomic E-state index is 0.122. The topological polar surface area (TPSA) is 55.4 Å². The summed E-state index contributed by atoms with van der Waals surface area (Å²) in [6.07, 6.45) is -0.963. The fraction of sp³-hybridized carbons (Fsp3) is 1.00. The van der Waals surface area contributed by atoms with Gasteiger partial charge in [-0.2, -0.15) is 0 Å². The molecule has 0 aliphatic rings. The maximum absolute atomic E-state index is 6.35. The normalized spacial score (nSPS) is 16.6. The molecule has 7 heteroatoms. The Morgan fingerprint density at radius 1 is 0.600 bits per heavy atom.